The largest absolute Gasteiger partial charge is 0.477 e. The monoisotopic (exact) mass is 286 g/mol. The van der Waals surface area contributed by atoms with Crippen molar-refractivity contribution in [1.82, 2.24) is 9.97 Å². The second-order valence-electron chi connectivity index (χ2n) is 4.33. The summed E-state index contributed by atoms with van der Waals surface area (Å²) in [6.45, 7) is 1.52. The zero-order chi connectivity index (χ0) is 14.3. The molecule has 0 aliphatic carbocycles. The van der Waals surface area contributed by atoms with Crippen LogP contribution in [0.15, 0.2) is 35.1 Å². The van der Waals surface area contributed by atoms with Crippen LogP contribution in [0, 0.1) is 6.92 Å². The number of aromatic carboxylic acids is 1. The maximum Gasteiger partial charge on any atom is 0.343 e. The van der Waals surface area contributed by atoms with Gasteiger partial charge < -0.3 is 10.1 Å². The number of nitrogens with one attached hydrogen (secondary N) is 1. The lowest BCUT2D eigenvalue weighted by Gasteiger charge is -2.02. The molecule has 0 saturated heterocycles. The number of nitrogens with zero attached hydrogens (tertiary/aromatic N) is 1. The van der Waals surface area contributed by atoms with Gasteiger partial charge in [0.2, 0.25) is 0 Å². The minimum atomic E-state index is -1.26. The summed E-state index contributed by atoms with van der Waals surface area (Å²) in [6.07, 6.45) is 0. The molecule has 0 amide bonds. The molecule has 6 heteroatoms. The molecule has 0 unspecified atom stereocenters. The average molecular weight is 286 g/mol. The van der Waals surface area contributed by atoms with Crippen LogP contribution in [0.3, 0.4) is 0 Å². The molecule has 3 aromatic rings. The summed E-state index contributed by atoms with van der Waals surface area (Å²) in [5, 5.41) is 10.0. The first-order valence-electron chi connectivity index (χ1n) is 5.89. The number of hydrogen-bond acceptors (Lipinski definition) is 4. The summed E-state index contributed by atoms with van der Waals surface area (Å²) in [5.74, 6) is -0.863. The van der Waals surface area contributed by atoms with Crippen LogP contribution in [0.4, 0.5) is 0 Å². The molecule has 0 fully saturated rings. The Labute approximate surface area is 117 Å². The Bertz CT molecular complexity index is 847. The zero-order valence-electron chi connectivity index (χ0n) is 10.5. The van der Waals surface area contributed by atoms with Crippen molar-refractivity contribution in [3.63, 3.8) is 0 Å². The topological polar surface area (TPSA) is 83.0 Å². The van der Waals surface area contributed by atoms with Crippen LogP contribution in [-0.2, 0) is 0 Å². The van der Waals surface area contributed by atoms with Crippen LogP contribution in [0.25, 0.3) is 20.8 Å². The number of benzene rings is 1. The van der Waals surface area contributed by atoms with Gasteiger partial charge in [0, 0.05) is 4.70 Å². The average Bonchev–Trinajstić information content (AvgIpc) is 2.81. The van der Waals surface area contributed by atoms with E-state index in [4.69, 9.17) is 5.11 Å². The van der Waals surface area contributed by atoms with E-state index in [2.05, 4.69) is 9.97 Å². The van der Waals surface area contributed by atoms with Gasteiger partial charge in [0.25, 0.3) is 5.56 Å². The highest BCUT2D eigenvalue weighted by Gasteiger charge is 2.16. The van der Waals surface area contributed by atoms with Crippen LogP contribution >= 0.6 is 11.3 Å². The molecular weight excluding hydrogens is 276 g/mol. The fraction of sp³-hybridized carbons (Fsp3) is 0.0714. The molecule has 0 aliphatic heterocycles. The van der Waals surface area contributed by atoms with Gasteiger partial charge in [0.15, 0.2) is 5.82 Å². The SMILES string of the molecule is Cc1nc(-c2cc3ccccc3s2)[nH]c(=O)c1C(=O)O. The van der Waals surface area contributed by atoms with Gasteiger partial charge in [-0.25, -0.2) is 9.78 Å². The predicted octanol–water partition coefficient (Wildman–Crippen LogP) is 2.66. The molecule has 0 saturated carbocycles. The highest BCUT2D eigenvalue weighted by molar-refractivity contribution is 7.22. The molecule has 20 heavy (non-hydrogen) atoms. The highest BCUT2D eigenvalue weighted by Crippen LogP contribution is 2.31. The van der Waals surface area contributed by atoms with Crippen molar-refractivity contribution in [2.45, 2.75) is 6.92 Å². The van der Waals surface area contributed by atoms with Gasteiger partial charge in [-0.05, 0) is 24.4 Å². The third-order valence-electron chi connectivity index (χ3n) is 2.97. The standard InChI is InChI=1S/C14H10N2O3S/c1-7-11(14(18)19)13(17)16-12(15-7)10-6-8-4-2-3-5-9(8)20-10/h2-6H,1H3,(H,18,19)(H,15,16,17). The quantitative estimate of drug-likeness (QED) is 0.758. The molecule has 5 nitrogen and oxygen atoms in total. The van der Waals surface area contributed by atoms with Crippen LogP contribution in [0.5, 0.6) is 0 Å². The fourth-order valence-electron chi connectivity index (χ4n) is 2.05. The molecule has 0 atom stereocenters. The number of fused-ring (bicyclic) bond motifs is 1. The predicted molar refractivity (Wildman–Crippen MR) is 77.4 cm³/mol. The Hall–Kier alpha value is -2.47. The number of aryl methyl sites for hydroxylation is 1. The fourth-order valence-corrected chi connectivity index (χ4v) is 3.06. The molecule has 2 aromatic heterocycles. The molecule has 2 N–H and O–H groups in total. The minimum Gasteiger partial charge on any atom is -0.477 e. The summed E-state index contributed by atoms with van der Waals surface area (Å²) >= 11 is 1.50. The number of hydrogen-bond donors (Lipinski definition) is 2. The normalized spacial score (nSPS) is 10.8. The van der Waals surface area contributed by atoms with Gasteiger partial charge >= 0.3 is 5.97 Å². The maximum atomic E-state index is 11.8. The van der Waals surface area contributed by atoms with Gasteiger partial charge in [-0.3, -0.25) is 4.79 Å². The number of H-pyrrole nitrogens is 1. The number of rotatable bonds is 2. The summed E-state index contributed by atoms with van der Waals surface area (Å²) in [5.41, 5.74) is -0.721. The van der Waals surface area contributed by atoms with Crippen molar-refractivity contribution in [3.05, 3.63) is 51.9 Å². The van der Waals surface area contributed by atoms with Gasteiger partial charge in [0.1, 0.15) is 5.56 Å². The lowest BCUT2D eigenvalue weighted by molar-refractivity contribution is 0.0693. The zero-order valence-corrected chi connectivity index (χ0v) is 11.3. The molecule has 1 aromatic carbocycles. The van der Waals surface area contributed by atoms with Crippen molar-refractivity contribution < 1.29 is 9.90 Å². The van der Waals surface area contributed by atoms with Gasteiger partial charge in [-0.15, -0.1) is 11.3 Å². The van der Waals surface area contributed by atoms with Gasteiger partial charge in [-0.1, -0.05) is 18.2 Å². The summed E-state index contributed by atoms with van der Waals surface area (Å²) in [7, 11) is 0. The van der Waals surface area contributed by atoms with E-state index in [1.165, 1.54) is 18.3 Å². The first-order chi connectivity index (χ1) is 9.56. The van der Waals surface area contributed by atoms with Crippen LogP contribution in [-0.4, -0.2) is 21.0 Å². The molecular formula is C14H10N2O3S. The first kappa shape index (κ1) is 12.6. The van der Waals surface area contributed by atoms with E-state index in [-0.39, 0.29) is 11.3 Å². The number of aromatic amines is 1. The second-order valence-corrected chi connectivity index (χ2v) is 5.41. The number of carboxylic acid groups (broad SMARTS) is 1. The number of thiophene rings is 1. The Kier molecular flexibility index (Phi) is 2.87. The molecule has 0 spiro atoms. The molecule has 3 rings (SSSR count). The van der Waals surface area contributed by atoms with Crippen molar-refractivity contribution >= 4 is 27.4 Å². The third-order valence-corrected chi connectivity index (χ3v) is 4.10. The van der Waals surface area contributed by atoms with Crippen LogP contribution in [0.1, 0.15) is 16.1 Å². The first-order valence-corrected chi connectivity index (χ1v) is 6.71. The summed E-state index contributed by atoms with van der Waals surface area (Å²) < 4.78 is 1.09. The number of aromatic nitrogens is 2. The van der Waals surface area contributed by atoms with Crippen molar-refractivity contribution in [1.29, 1.82) is 0 Å². The van der Waals surface area contributed by atoms with Crippen molar-refractivity contribution in [2.75, 3.05) is 0 Å². The lowest BCUT2D eigenvalue weighted by Crippen LogP contribution is -2.21. The maximum absolute atomic E-state index is 11.8. The van der Waals surface area contributed by atoms with E-state index in [1.54, 1.807) is 0 Å². The third kappa shape index (κ3) is 2.00. The van der Waals surface area contributed by atoms with E-state index < -0.39 is 11.5 Å². The van der Waals surface area contributed by atoms with Crippen LogP contribution in [0.2, 0.25) is 0 Å². The van der Waals surface area contributed by atoms with E-state index in [1.807, 2.05) is 30.3 Å². The molecule has 0 radical (unpaired) electrons. The van der Waals surface area contributed by atoms with Gasteiger partial charge in [-0.2, -0.15) is 0 Å². The molecule has 0 aliphatic rings. The van der Waals surface area contributed by atoms with Crippen molar-refractivity contribution in [2.24, 2.45) is 0 Å². The van der Waals surface area contributed by atoms with Crippen molar-refractivity contribution in [3.8, 4) is 10.7 Å². The molecule has 100 valence electrons. The van der Waals surface area contributed by atoms with E-state index >= 15 is 0 Å². The Morgan fingerprint density at radius 1 is 1.35 bits per heavy atom. The lowest BCUT2D eigenvalue weighted by atomic mass is 10.2. The minimum absolute atomic E-state index is 0.216. The Morgan fingerprint density at radius 3 is 2.75 bits per heavy atom. The summed E-state index contributed by atoms with van der Waals surface area (Å²) in [4.78, 5) is 30.3. The number of carbonyl (C=O) groups is 1. The van der Waals surface area contributed by atoms with E-state index in [0.29, 0.717) is 5.82 Å². The Morgan fingerprint density at radius 2 is 2.10 bits per heavy atom. The van der Waals surface area contributed by atoms with E-state index in [9.17, 15) is 9.59 Å². The van der Waals surface area contributed by atoms with E-state index in [0.717, 1.165) is 15.0 Å². The Balaban J connectivity index is 2.20. The number of carboxylic acids is 1. The highest BCUT2D eigenvalue weighted by atomic mass is 32.1. The smallest absolute Gasteiger partial charge is 0.343 e. The molecule has 2 heterocycles. The van der Waals surface area contributed by atoms with Gasteiger partial charge in [0.05, 0.1) is 10.6 Å². The molecule has 0 bridgehead atoms. The summed E-state index contributed by atoms with van der Waals surface area (Å²) in [6, 6.07) is 9.77. The van der Waals surface area contributed by atoms with Crippen LogP contribution < -0.4 is 5.56 Å². The second kappa shape index (κ2) is 4.57.